The van der Waals surface area contributed by atoms with Gasteiger partial charge in [0, 0.05) is 35.9 Å². The summed E-state index contributed by atoms with van der Waals surface area (Å²) >= 11 is 4.88. The summed E-state index contributed by atoms with van der Waals surface area (Å²) in [5.41, 5.74) is 2.08. The van der Waals surface area contributed by atoms with Gasteiger partial charge in [-0.05, 0) is 12.2 Å². The minimum Gasteiger partial charge on any atom is -0.385 e. The van der Waals surface area contributed by atoms with E-state index in [0.29, 0.717) is 22.1 Å². The first-order valence-electron chi connectivity index (χ1n) is 8.30. The molecule has 0 spiro atoms. The summed E-state index contributed by atoms with van der Waals surface area (Å²) in [5, 5.41) is 14.0. The van der Waals surface area contributed by atoms with Gasteiger partial charge >= 0.3 is 0 Å². The summed E-state index contributed by atoms with van der Waals surface area (Å²) in [6, 6.07) is 12.1. The molecule has 0 aliphatic heterocycles. The molecule has 1 aromatic carbocycles. The van der Waals surface area contributed by atoms with Gasteiger partial charge in [0.15, 0.2) is 10.8 Å². The molecule has 0 amide bonds. The Morgan fingerprint density at radius 1 is 1.22 bits per heavy atom. The molecule has 0 aliphatic rings. The number of thiazole rings is 1. The number of thioether (sulfide) groups is 2. The standard InChI is InChI=1S/C19H18N4OS3/c1-24-9-5-10-25-13-27-18-15(12-20)16(14-6-3-2-4-7-14)22-17(23-18)19-21-8-11-26-19/h2-4,6-8,11H,5,9-10,13H2,1H3. The van der Waals surface area contributed by atoms with Crippen LogP contribution in [0.5, 0.6) is 0 Å². The fraction of sp³-hybridized carbons (Fsp3) is 0.263. The quantitative estimate of drug-likeness (QED) is 0.212. The minimum atomic E-state index is 0.518. The largest absolute Gasteiger partial charge is 0.385 e. The highest BCUT2D eigenvalue weighted by Crippen LogP contribution is 2.33. The van der Waals surface area contributed by atoms with E-state index in [2.05, 4.69) is 21.0 Å². The van der Waals surface area contributed by atoms with Gasteiger partial charge in [0.2, 0.25) is 0 Å². The van der Waals surface area contributed by atoms with E-state index in [1.54, 1.807) is 25.1 Å². The highest BCUT2D eigenvalue weighted by molar-refractivity contribution is 8.15. The second-order valence-corrected chi connectivity index (χ2v) is 8.74. The van der Waals surface area contributed by atoms with Gasteiger partial charge in [-0.3, -0.25) is 0 Å². The maximum Gasteiger partial charge on any atom is 0.190 e. The van der Waals surface area contributed by atoms with Crippen LogP contribution in [0, 0.1) is 11.3 Å². The zero-order chi connectivity index (χ0) is 18.9. The smallest absolute Gasteiger partial charge is 0.190 e. The molecular formula is C19H18N4OS3. The second kappa shape index (κ2) is 10.4. The van der Waals surface area contributed by atoms with Crippen LogP contribution in [0.3, 0.4) is 0 Å². The fourth-order valence-electron chi connectivity index (χ4n) is 2.34. The lowest BCUT2D eigenvalue weighted by Crippen LogP contribution is -2.00. The van der Waals surface area contributed by atoms with Gasteiger partial charge < -0.3 is 4.74 Å². The number of ether oxygens (including phenoxy) is 1. The van der Waals surface area contributed by atoms with E-state index in [-0.39, 0.29) is 0 Å². The number of hydrogen-bond donors (Lipinski definition) is 0. The molecule has 3 aromatic rings. The van der Waals surface area contributed by atoms with Crippen molar-refractivity contribution in [2.75, 3.05) is 24.6 Å². The maximum atomic E-state index is 9.78. The van der Waals surface area contributed by atoms with E-state index in [4.69, 9.17) is 4.74 Å². The summed E-state index contributed by atoms with van der Waals surface area (Å²) in [4.78, 5) is 13.6. The molecule has 0 fully saturated rings. The Labute approximate surface area is 171 Å². The topological polar surface area (TPSA) is 71.7 Å². The summed E-state index contributed by atoms with van der Waals surface area (Å²) < 4.78 is 5.08. The normalized spacial score (nSPS) is 10.7. The zero-order valence-corrected chi connectivity index (χ0v) is 17.2. The molecule has 3 rings (SSSR count). The molecule has 8 heteroatoms. The van der Waals surface area contributed by atoms with Crippen molar-refractivity contribution in [1.82, 2.24) is 15.0 Å². The van der Waals surface area contributed by atoms with Crippen LogP contribution < -0.4 is 0 Å². The predicted octanol–water partition coefficient (Wildman–Crippen LogP) is 4.96. The summed E-state index contributed by atoms with van der Waals surface area (Å²) in [7, 11) is 1.71. The van der Waals surface area contributed by atoms with E-state index in [1.807, 2.05) is 47.5 Å². The molecule has 0 aliphatic carbocycles. The highest BCUT2D eigenvalue weighted by Gasteiger charge is 2.18. The molecule has 5 nitrogen and oxygen atoms in total. The Morgan fingerprint density at radius 2 is 2.07 bits per heavy atom. The predicted molar refractivity (Wildman–Crippen MR) is 113 cm³/mol. The third kappa shape index (κ3) is 5.30. The molecule has 0 radical (unpaired) electrons. The Kier molecular flexibility index (Phi) is 7.66. The molecular weight excluding hydrogens is 396 g/mol. The Bertz CT molecular complexity index is 895. The van der Waals surface area contributed by atoms with Crippen molar-refractivity contribution in [2.45, 2.75) is 11.4 Å². The van der Waals surface area contributed by atoms with E-state index < -0.39 is 0 Å². The lowest BCUT2D eigenvalue weighted by molar-refractivity contribution is 0.200. The van der Waals surface area contributed by atoms with Crippen molar-refractivity contribution in [3.63, 3.8) is 0 Å². The molecule has 2 aromatic heterocycles. The monoisotopic (exact) mass is 414 g/mol. The van der Waals surface area contributed by atoms with E-state index in [9.17, 15) is 5.26 Å². The summed E-state index contributed by atoms with van der Waals surface area (Å²) in [6.45, 7) is 0.765. The van der Waals surface area contributed by atoms with Crippen molar-refractivity contribution in [2.24, 2.45) is 0 Å². The zero-order valence-electron chi connectivity index (χ0n) is 14.8. The molecule has 0 bridgehead atoms. The minimum absolute atomic E-state index is 0.518. The van der Waals surface area contributed by atoms with E-state index in [1.165, 1.54) is 11.3 Å². The molecule has 138 valence electrons. The average Bonchev–Trinajstić information content (AvgIpc) is 3.25. The van der Waals surface area contributed by atoms with Crippen LogP contribution in [-0.2, 0) is 4.74 Å². The van der Waals surface area contributed by atoms with E-state index >= 15 is 0 Å². The van der Waals surface area contributed by atoms with Crippen LogP contribution in [-0.4, -0.2) is 39.5 Å². The van der Waals surface area contributed by atoms with Crippen LogP contribution in [0.15, 0.2) is 46.9 Å². The van der Waals surface area contributed by atoms with Crippen LogP contribution in [0.2, 0.25) is 0 Å². The Hall–Kier alpha value is -1.92. The van der Waals surface area contributed by atoms with Crippen LogP contribution >= 0.6 is 34.9 Å². The van der Waals surface area contributed by atoms with Gasteiger partial charge in [-0.15, -0.1) is 11.3 Å². The first-order valence-corrected chi connectivity index (χ1v) is 11.3. The Balaban J connectivity index is 1.91. The lowest BCUT2D eigenvalue weighted by Gasteiger charge is -2.10. The SMILES string of the molecule is COCCCSCSc1nc(-c2nccs2)nc(-c2ccccc2)c1C#N. The van der Waals surface area contributed by atoms with Crippen molar-refractivity contribution >= 4 is 34.9 Å². The van der Waals surface area contributed by atoms with Crippen molar-refractivity contribution < 1.29 is 4.74 Å². The molecule has 0 unspecified atom stereocenters. The van der Waals surface area contributed by atoms with Crippen LogP contribution in [0.25, 0.3) is 22.1 Å². The van der Waals surface area contributed by atoms with Crippen molar-refractivity contribution in [3.05, 3.63) is 47.5 Å². The van der Waals surface area contributed by atoms with Gasteiger partial charge in [-0.2, -0.15) is 17.0 Å². The number of nitrogens with zero attached hydrogens (tertiary/aromatic N) is 4. The number of nitriles is 1. The highest BCUT2D eigenvalue weighted by atomic mass is 32.2. The molecule has 0 N–H and O–H groups in total. The first kappa shape index (κ1) is 19.8. The van der Waals surface area contributed by atoms with E-state index in [0.717, 1.165) is 34.4 Å². The average molecular weight is 415 g/mol. The second-order valence-electron chi connectivity index (χ2n) is 5.41. The van der Waals surface area contributed by atoms with Gasteiger partial charge in [0.05, 0.1) is 5.69 Å². The van der Waals surface area contributed by atoms with Crippen molar-refractivity contribution in [3.8, 4) is 28.2 Å². The third-order valence-electron chi connectivity index (χ3n) is 3.57. The van der Waals surface area contributed by atoms with Gasteiger partial charge in [-0.1, -0.05) is 42.1 Å². The van der Waals surface area contributed by atoms with Crippen molar-refractivity contribution in [1.29, 1.82) is 5.26 Å². The molecule has 0 saturated heterocycles. The number of hydrogen-bond acceptors (Lipinski definition) is 8. The Morgan fingerprint density at radius 3 is 2.78 bits per heavy atom. The molecule has 2 heterocycles. The molecule has 27 heavy (non-hydrogen) atoms. The summed E-state index contributed by atoms with van der Waals surface area (Å²) in [5.74, 6) is 1.58. The number of benzene rings is 1. The number of rotatable bonds is 9. The van der Waals surface area contributed by atoms with Gasteiger partial charge in [0.1, 0.15) is 16.7 Å². The fourth-order valence-corrected chi connectivity index (χ4v) is 4.92. The van der Waals surface area contributed by atoms with Crippen LogP contribution in [0.4, 0.5) is 0 Å². The number of aromatic nitrogens is 3. The lowest BCUT2D eigenvalue weighted by atomic mass is 10.1. The third-order valence-corrected chi connectivity index (χ3v) is 6.63. The maximum absolute atomic E-state index is 9.78. The van der Waals surface area contributed by atoms with Gasteiger partial charge in [0.25, 0.3) is 0 Å². The van der Waals surface area contributed by atoms with Gasteiger partial charge in [-0.25, -0.2) is 15.0 Å². The summed E-state index contributed by atoms with van der Waals surface area (Å²) in [6.07, 6.45) is 2.75. The molecule has 0 atom stereocenters. The van der Waals surface area contributed by atoms with Crippen LogP contribution in [0.1, 0.15) is 12.0 Å². The number of methoxy groups -OCH3 is 1. The molecule has 0 saturated carbocycles. The first-order chi connectivity index (χ1) is 13.3.